The number of nitrogens with one attached hydrogen (secondary N) is 1. The standard InChI is InChI=1S/C22H13Br2IN2O4S/c23-19-11-14(10-15(13-26)22(28)27-17-8-6-16(25)7-9-17)12-20(24)21(19)31-32(29,30)18-4-2-1-3-5-18/h1-12H,(H,27,28)/b15-10+. The van der Waals surface area contributed by atoms with E-state index in [0.717, 1.165) is 3.57 Å². The van der Waals surface area contributed by atoms with Crippen LogP contribution in [0.1, 0.15) is 5.56 Å². The number of carbonyl (C=O) groups is 1. The van der Waals surface area contributed by atoms with Crippen LogP contribution in [0.5, 0.6) is 5.75 Å². The van der Waals surface area contributed by atoms with E-state index in [9.17, 15) is 18.5 Å². The Morgan fingerprint density at radius 1 is 1.03 bits per heavy atom. The van der Waals surface area contributed by atoms with Crippen molar-refractivity contribution in [2.45, 2.75) is 4.90 Å². The first-order chi connectivity index (χ1) is 15.2. The average molecular weight is 688 g/mol. The minimum atomic E-state index is -4.04. The zero-order chi connectivity index (χ0) is 23.3. The summed E-state index contributed by atoms with van der Waals surface area (Å²) < 4.78 is 32.0. The molecular weight excluding hydrogens is 675 g/mol. The van der Waals surface area contributed by atoms with Crippen molar-refractivity contribution in [2.75, 3.05) is 5.32 Å². The number of rotatable bonds is 6. The Kier molecular flexibility index (Phi) is 8.10. The summed E-state index contributed by atoms with van der Waals surface area (Å²) in [6.07, 6.45) is 1.40. The fourth-order valence-electron chi connectivity index (χ4n) is 2.53. The molecule has 0 atom stereocenters. The van der Waals surface area contributed by atoms with Crippen LogP contribution in [0.25, 0.3) is 6.08 Å². The lowest BCUT2D eigenvalue weighted by Crippen LogP contribution is -2.13. The summed E-state index contributed by atoms with van der Waals surface area (Å²) in [5.41, 5.74) is 0.934. The van der Waals surface area contributed by atoms with E-state index >= 15 is 0 Å². The molecule has 0 saturated carbocycles. The third-order valence-corrected chi connectivity index (χ3v) is 7.16. The average Bonchev–Trinajstić information content (AvgIpc) is 2.77. The van der Waals surface area contributed by atoms with Gasteiger partial charge in [0.2, 0.25) is 0 Å². The molecule has 3 rings (SSSR count). The van der Waals surface area contributed by atoms with Gasteiger partial charge in [0.15, 0.2) is 5.75 Å². The summed E-state index contributed by atoms with van der Waals surface area (Å²) in [7, 11) is -4.04. The maximum atomic E-state index is 12.5. The fourth-order valence-corrected chi connectivity index (χ4v) is 5.48. The minimum absolute atomic E-state index is 0.0156. The largest absolute Gasteiger partial charge is 0.377 e. The zero-order valence-corrected chi connectivity index (χ0v) is 22.2. The molecule has 0 aliphatic heterocycles. The third-order valence-electron chi connectivity index (χ3n) is 4.02. The van der Waals surface area contributed by atoms with Crippen LogP contribution in [0.15, 0.2) is 86.1 Å². The first kappa shape index (κ1) is 24.4. The van der Waals surface area contributed by atoms with Crippen LogP contribution in [-0.2, 0) is 14.9 Å². The predicted octanol–water partition coefficient (Wildman–Crippen LogP) is 6.13. The summed E-state index contributed by atoms with van der Waals surface area (Å²) in [5, 5.41) is 12.1. The molecule has 0 bridgehead atoms. The van der Waals surface area contributed by atoms with Gasteiger partial charge in [-0.3, -0.25) is 4.79 Å². The van der Waals surface area contributed by atoms with Crippen molar-refractivity contribution in [1.82, 2.24) is 0 Å². The molecule has 0 unspecified atom stereocenters. The molecule has 1 N–H and O–H groups in total. The topological polar surface area (TPSA) is 96.3 Å². The van der Waals surface area contributed by atoms with E-state index in [-0.39, 0.29) is 16.2 Å². The van der Waals surface area contributed by atoms with Crippen molar-refractivity contribution in [1.29, 1.82) is 5.26 Å². The maximum absolute atomic E-state index is 12.5. The number of nitriles is 1. The van der Waals surface area contributed by atoms with Crippen LogP contribution in [0, 0.1) is 14.9 Å². The second kappa shape index (κ2) is 10.6. The van der Waals surface area contributed by atoms with Crippen LogP contribution < -0.4 is 9.50 Å². The Hall–Kier alpha value is -2.20. The first-order valence-electron chi connectivity index (χ1n) is 8.87. The van der Waals surface area contributed by atoms with Crippen molar-refractivity contribution in [3.63, 3.8) is 0 Å². The monoisotopic (exact) mass is 686 g/mol. The molecule has 1 amide bonds. The Labute approximate surface area is 215 Å². The van der Waals surface area contributed by atoms with Gasteiger partial charge in [-0.1, -0.05) is 18.2 Å². The molecule has 32 heavy (non-hydrogen) atoms. The maximum Gasteiger partial charge on any atom is 0.339 e. The fraction of sp³-hybridized carbons (Fsp3) is 0. The molecule has 0 heterocycles. The molecule has 6 nitrogen and oxygen atoms in total. The van der Waals surface area contributed by atoms with Crippen LogP contribution in [-0.4, -0.2) is 14.3 Å². The number of benzene rings is 3. The van der Waals surface area contributed by atoms with Crippen molar-refractivity contribution in [2.24, 2.45) is 0 Å². The molecule has 0 aromatic heterocycles. The van der Waals surface area contributed by atoms with Crippen molar-refractivity contribution in [3.8, 4) is 11.8 Å². The lowest BCUT2D eigenvalue weighted by Gasteiger charge is -2.11. The highest BCUT2D eigenvalue weighted by Crippen LogP contribution is 2.37. The number of halogens is 3. The smallest absolute Gasteiger partial charge is 0.339 e. The first-order valence-corrected chi connectivity index (χ1v) is 12.9. The number of hydrogen-bond acceptors (Lipinski definition) is 5. The lowest BCUT2D eigenvalue weighted by molar-refractivity contribution is -0.112. The lowest BCUT2D eigenvalue weighted by atomic mass is 10.1. The quantitative estimate of drug-likeness (QED) is 0.146. The van der Waals surface area contributed by atoms with Gasteiger partial charge >= 0.3 is 10.1 Å². The Balaban J connectivity index is 1.86. The zero-order valence-electron chi connectivity index (χ0n) is 16.1. The van der Waals surface area contributed by atoms with Gasteiger partial charge in [0, 0.05) is 9.26 Å². The summed E-state index contributed by atoms with van der Waals surface area (Å²) in [6, 6.07) is 19.9. The van der Waals surface area contributed by atoms with E-state index in [4.69, 9.17) is 4.18 Å². The minimum Gasteiger partial charge on any atom is -0.377 e. The highest BCUT2D eigenvalue weighted by Gasteiger charge is 2.20. The molecule has 162 valence electrons. The molecule has 0 aliphatic carbocycles. The van der Waals surface area contributed by atoms with Crippen molar-refractivity contribution >= 4 is 82.2 Å². The number of carbonyl (C=O) groups excluding carboxylic acids is 1. The molecule has 0 spiro atoms. The molecule has 10 heteroatoms. The van der Waals surface area contributed by atoms with Crippen LogP contribution in [0.3, 0.4) is 0 Å². The van der Waals surface area contributed by atoms with Crippen molar-refractivity contribution in [3.05, 3.63) is 90.4 Å². The molecular formula is C22H13Br2IN2O4S. The summed E-state index contributed by atoms with van der Waals surface area (Å²) in [5.74, 6) is -0.513. The van der Waals surface area contributed by atoms with Gasteiger partial charge in [0.25, 0.3) is 5.91 Å². The molecule has 3 aromatic carbocycles. The number of anilines is 1. The molecule has 0 saturated heterocycles. The van der Waals surface area contributed by atoms with E-state index in [2.05, 4.69) is 59.8 Å². The Morgan fingerprint density at radius 2 is 1.62 bits per heavy atom. The van der Waals surface area contributed by atoms with E-state index in [1.807, 2.05) is 18.2 Å². The number of hydrogen-bond donors (Lipinski definition) is 1. The van der Waals surface area contributed by atoms with Gasteiger partial charge in [0.05, 0.1) is 8.95 Å². The molecule has 0 fully saturated rings. The van der Waals surface area contributed by atoms with E-state index in [1.165, 1.54) is 18.2 Å². The van der Waals surface area contributed by atoms with Gasteiger partial charge in [-0.15, -0.1) is 0 Å². The van der Waals surface area contributed by atoms with Gasteiger partial charge < -0.3 is 9.50 Å². The normalized spacial score (nSPS) is 11.5. The van der Waals surface area contributed by atoms with Crippen LogP contribution in [0.4, 0.5) is 5.69 Å². The molecule has 0 radical (unpaired) electrons. The molecule has 3 aromatic rings. The predicted molar refractivity (Wildman–Crippen MR) is 137 cm³/mol. The van der Waals surface area contributed by atoms with E-state index in [1.54, 1.807) is 42.5 Å². The summed E-state index contributed by atoms with van der Waals surface area (Å²) in [4.78, 5) is 12.5. The van der Waals surface area contributed by atoms with Crippen molar-refractivity contribution < 1.29 is 17.4 Å². The Morgan fingerprint density at radius 3 is 2.19 bits per heavy atom. The number of nitrogens with zero attached hydrogens (tertiary/aromatic N) is 1. The second-order valence-corrected chi connectivity index (χ2v) is 10.8. The highest BCUT2D eigenvalue weighted by atomic mass is 127. The van der Waals surface area contributed by atoms with E-state index in [0.29, 0.717) is 20.2 Å². The van der Waals surface area contributed by atoms with Crippen LogP contribution in [0.2, 0.25) is 0 Å². The van der Waals surface area contributed by atoms with Gasteiger partial charge in [-0.05, 0) is 115 Å². The van der Waals surface area contributed by atoms with E-state index < -0.39 is 16.0 Å². The van der Waals surface area contributed by atoms with Crippen LogP contribution >= 0.6 is 54.5 Å². The summed E-state index contributed by atoms with van der Waals surface area (Å²) >= 11 is 8.75. The third kappa shape index (κ3) is 6.19. The second-order valence-electron chi connectivity index (χ2n) is 6.30. The van der Waals surface area contributed by atoms with Gasteiger partial charge in [-0.2, -0.15) is 13.7 Å². The SMILES string of the molecule is N#C/C(=C\c1cc(Br)c(OS(=O)(=O)c2ccccc2)c(Br)c1)C(=O)Nc1ccc(I)cc1. The Bertz CT molecular complexity index is 1310. The van der Waals surface area contributed by atoms with Gasteiger partial charge in [-0.25, -0.2) is 0 Å². The summed E-state index contributed by atoms with van der Waals surface area (Å²) in [6.45, 7) is 0. The van der Waals surface area contributed by atoms with Gasteiger partial charge in [0.1, 0.15) is 16.5 Å². The number of amides is 1. The highest BCUT2D eigenvalue weighted by molar-refractivity contribution is 14.1. The molecule has 0 aliphatic rings.